The Morgan fingerprint density at radius 2 is 1.49 bits per heavy atom. The maximum absolute atomic E-state index is 13.1. The summed E-state index contributed by atoms with van der Waals surface area (Å²) in [7, 11) is -4.90. The molecule has 5 nitrogen and oxygen atoms in total. The second kappa shape index (κ2) is 13.7. The Morgan fingerprint density at radius 3 is 1.98 bits per heavy atom. The highest BCUT2D eigenvalue weighted by molar-refractivity contribution is 6.99. The van der Waals surface area contributed by atoms with Gasteiger partial charge in [-0.15, -0.1) is 6.58 Å². The Balaban J connectivity index is 1.64. The average Bonchev–Trinajstić information content (AvgIpc) is 3.52. The van der Waals surface area contributed by atoms with Gasteiger partial charge in [-0.1, -0.05) is 122 Å². The molecule has 5 rings (SSSR count). The van der Waals surface area contributed by atoms with Crippen molar-refractivity contribution in [1.29, 1.82) is 0 Å². The molecular formula is C42H62O5Si2. The summed E-state index contributed by atoms with van der Waals surface area (Å²) in [5.74, 6) is -0.323. The molecule has 2 aliphatic heterocycles. The molecule has 2 saturated heterocycles. The fraction of sp³-hybridized carbons (Fsp3) is 0.595. The standard InChI is InChI=1S/C42H62O5Si2/c1-13-36-41(9,10)38-35(47-49(40(6,7)8,32-23-16-14-17-24-32)33-25-18-15-19-26-33)28-42(36,46-38)37(45-30(2)43)34-27-21-20-22-31(34)29-44-48(11,12)39(3,4)5/h13-19,23-26,35-38H,1,20-22,27-29H2,2-12H3/t35-,36-,37-,38-,42+/m0/s1. The van der Waals surface area contributed by atoms with Crippen molar-refractivity contribution in [1.82, 2.24) is 0 Å². The van der Waals surface area contributed by atoms with Gasteiger partial charge in [0.15, 0.2) is 14.4 Å². The van der Waals surface area contributed by atoms with Crippen LogP contribution in [0.25, 0.3) is 0 Å². The van der Waals surface area contributed by atoms with E-state index in [1.54, 1.807) is 0 Å². The number of benzene rings is 2. The summed E-state index contributed by atoms with van der Waals surface area (Å²) >= 11 is 0. The van der Waals surface area contributed by atoms with Crippen molar-refractivity contribution in [2.45, 2.75) is 142 Å². The molecule has 0 aromatic heterocycles. The van der Waals surface area contributed by atoms with Crippen LogP contribution in [0.5, 0.6) is 0 Å². The van der Waals surface area contributed by atoms with Gasteiger partial charge in [0.1, 0.15) is 5.60 Å². The Bertz CT molecular complexity index is 1480. The molecule has 2 aromatic carbocycles. The van der Waals surface area contributed by atoms with Gasteiger partial charge in [0.2, 0.25) is 0 Å². The van der Waals surface area contributed by atoms with Gasteiger partial charge in [0.05, 0.1) is 18.8 Å². The summed E-state index contributed by atoms with van der Waals surface area (Å²) in [6, 6.07) is 21.7. The van der Waals surface area contributed by atoms with Crippen LogP contribution in [-0.2, 0) is 23.1 Å². The van der Waals surface area contributed by atoms with Crippen LogP contribution in [-0.4, -0.2) is 53.1 Å². The predicted molar refractivity (Wildman–Crippen MR) is 206 cm³/mol. The highest BCUT2D eigenvalue weighted by Gasteiger charge is 2.71. The minimum atomic E-state index is -2.89. The van der Waals surface area contributed by atoms with Crippen molar-refractivity contribution < 1.29 is 23.1 Å². The maximum Gasteiger partial charge on any atom is 0.303 e. The number of fused-ring (bicyclic) bond motifs is 2. The Labute approximate surface area is 299 Å². The van der Waals surface area contributed by atoms with E-state index in [2.05, 4.69) is 142 Å². The zero-order valence-corrected chi connectivity index (χ0v) is 34.2. The molecule has 0 unspecified atom stereocenters. The molecular weight excluding hydrogens is 641 g/mol. The van der Waals surface area contributed by atoms with Gasteiger partial charge in [-0.3, -0.25) is 4.79 Å². The summed E-state index contributed by atoms with van der Waals surface area (Å²) in [4.78, 5) is 13.1. The first-order valence-electron chi connectivity index (χ1n) is 18.4. The molecule has 0 amide bonds. The molecule has 268 valence electrons. The van der Waals surface area contributed by atoms with Crippen LogP contribution < -0.4 is 10.4 Å². The number of carbonyl (C=O) groups is 1. The number of hydrogen-bond donors (Lipinski definition) is 0. The van der Waals surface area contributed by atoms with Crippen LogP contribution >= 0.6 is 0 Å². The molecule has 5 atom stereocenters. The van der Waals surface area contributed by atoms with Gasteiger partial charge in [-0.05, 0) is 70.4 Å². The quantitative estimate of drug-likeness (QED) is 0.133. The van der Waals surface area contributed by atoms with E-state index in [0.717, 1.165) is 25.7 Å². The molecule has 0 spiro atoms. The second-order valence-electron chi connectivity index (χ2n) is 17.9. The molecule has 0 saturated carbocycles. The number of ether oxygens (including phenoxy) is 2. The topological polar surface area (TPSA) is 54.0 Å². The summed E-state index contributed by atoms with van der Waals surface area (Å²) < 4.78 is 28.5. The molecule has 2 fully saturated rings. The van der Waals surface area contributed by atoms with Crippen molar-refractivity contribution in [2.24, 2.45) is 11.3 Å². The molecule has 7 heteroatoms. The van der Waals surface area contributed by atoms with E-state index in [-0.39, 0.29) is 39.6 Å². The van der Waals surface area contributed by atoms with Gasteiger partial charge in [-0.25, -0.2) is 0 Å². The predicted octanol–water partition coefficient (Wildman–Crippen LogP) is 9.13. The van der Waals surface area contributed by atoms with E-state index in [4.69, 9.17) is 18.3 Å². The Kier molecular flexibility index (Phi) is 10.6. The lowest BCUT2D eigenvalue weighted by atomic mass is 9.60. The van der Waals surface area contributed by atoms with E-state index < -0.39 is 28.3 Å². The van der Waals surface area contributed by atoms with Gasteiger partial charge in [0.25, 0.3) is 8.32 Å². The third-order valence-electron chi connectivity index (χ3n) is 12.3. The highest BCUT2D eigenvalue weighted by Crippen LogP contribution is 2.63. The molecule has 1 aliphatic carbocycles. The molecule has 2 bridgehead atoms. The number of rotatable bonds is 11. The molecule has 3 aliphatic rings. The minimum Gasteiger partial charge on any atom is -0.455 e. The Hall–Kier alpha value is -2.30. The summed E-state index contributed by atoms with van der Waals surface area (Å²) in [5, 5.41) is 2.43. The minimum absolute atomic E-state index is 0.0367. The van der Waals surface area contributed by atoms with Crippen molar-refractivity contribution in [3.05, 3.63) is 84.5 Å². The lowest BCUT2D eigenvalue weighted by Gasteiger charge is -2.50. The van der Waals surface area contributed by atoms with Gasteiger partial charge < -0.3 is 18.3 Å². The van der Waals surface area contributed by atoms with Gasteiger partial charge in [0, 0.05) is 24.7 Å². The van der Waals surface area contributed by atoms with Crippen LogP contribution in [0, 0.1) is 11.3 Å². The SMILES string of the molecule is C=C[C@H]1C(C)(C)[C@H]2O[C@]1([C@@H](OC(C)=O)C1=C(CO[Si](C)(C)C(C)(C)C)CCCC1)C[C@@H]2O[Si](c1ccccc1)(c1ccccc1)C(C)(C)C. The highest BCUT2D eigenvalue weighted by atomic mass is 28.4. The van der Waals surface area contributed by atoms with Gasteiger partial charge in [-0.2, -0.15) is 0 Å². The number of hydrogen-bond acceptors (Lipinski definition) is 5. The summed E-state index contributed by atoms with van der Waals surface area (Å²) in [6.07, 6.45) is 5.73. The average molecular weight is 703 g/mol. The van der Waals surface area contributed by atoms with Crippen molar-refractivity contribution in [3.8, 4) is 0 Å². The van der Waals surface area contributed by atoms with Crippen LogP contribution in [0.2, 0.25) is 23.2 Å². The number of esters is 1. The van der Waals surface area contributed by atoms with E-state index in [0.29, 0.717) is 13.0 Å². The molecule has 2 heterocycles. The first-order valence-corrected chi connectivity index (χ1v) is 23.2. The third kappa shape index (κ3) is 6.75. The van der Waals surface area contributed by atoms with Crippen LogP contribution in [0.4, 0.5) is 0 Å². The fourth-order valence-electron chi connectivity index (χ4n) is 8.87. The van der Waals surface area contributed by atoms with Crippen LogP contribution in [0.3, 0.4) is 0 Å². The summed E-state index contributed by atoms with van der Waals surface area (Å²) in [5.41, 5.74) is 1.36. The van der Waals surface area contributed by atoms with E-state index in [1.165, 1.54) is 28.4 Å². The normalized spacial score (nSPS) is 26.5. The van der Waals surface area contributed by atoms with Crippen molar-refractivity contribution in [3.63, 3.8) is 0 Å². The van der Waals surface area contributed by atoms with Crippen molar-refractivity contribution >= 4 is 33.0 Å². The van der Waals surface area contributed by atoms with E-state index in [9.17, 15) is 4.79 Å². The lowest BCUT2D eigenvalue weighted by Crippen LogP contribution is -2.69. The molecule has 0 N–H and O–H groups in total. The maximum atomic E-state index is 13.1. The fourth-order valence-corrected chi connectivity index (χ4v) is 14.5. The van der Waals surface area contributed by atoms with Gasteiger partial charge >= 0.3 is 5.97 Å². The lowest BCUT2D eigenvalue weighted by molar-refractivity contribution is -0.161. The van der Waals surface area contributed by atoms with E-state index in [1.807, 2.05) is 0 Å². The zero-order valence-electron chi connectivity index (χ0n) is 32.2. The number of carbonyl (C=O) groups excluding carboxylic acids is 1. The smallest absolute Gasteiger partial charge is 0.303 e. The van der Waals surface area contributed by atoms with E-state index >= 15 is 0 Å². The van der Waals surface area contributed by atoms with Crippen LogP contribution in [0.1, 0.15) is 94.4 Å². The van der Waals surface area contributed by atoms with Crippen LogP contribution in [0.15, 0.2) is 84.5 Å². The molecule has 0 radical (unpaired) electrons. The largest absolute Gasteiger partial charge is 0.455 e. The second-order valence-corrected chi connectivity index (χ2v) is 27.0. The Morgan fingerprint density at radius 1 is 0.939 bits per heavy atom. The molecule has 49 heavy (non-hydrogen) atoms. The van der Waals surface area contributed by atoms with Crippen molar-refractivity contribution in [2.75, 3.05) is 6.61 Å². The molecule has 2 aromatic rings. The first kappa shape index (κ1) is 37.9. The summed E-state index contributed by atoms with van der Waals surface area (Å²) in [6.45, 7) is 29.5. The first-order chi connectivity index (χ1) is 22.8. The monoisotopic (exact) mass is 702 g/mol. The third-order valence-corrected chi connectivity index (χ3v) is 21.9. The zero-order chi connectivity index (χ0) is 36.0.